The summed E-state index contributed by atoms with van der Waals surface area (Å²) in [5, 5.41) is 8.82. The maximum Gasteiger partial charge on any atom is 0.441 e. The van der Waals surface area contributed by atoms with Gasteiger partial charge in [-0.25, -0.2) is 4.79 Å². The fourth-order valence-electron chi connectivity index (χ4n) is 1.12. The fraction of sp³-hybridized carbons (Fsp3) is 0.300. The molecule has 0 saturated carbocycles. The second-order valence-electron chi connectivity index (χ2n) is 3.22. The Morgan fingerprint density at radius 3 is 2.26 bits per heavy atom. The van der Waals surface area contributed by atoms with E-state index in [4.69, 9.17) is 9.84 Å². The SMILES string of the molecule is O=C(O)c1cc(Br)c(OCCSC(F)(F)F)c(Br)c1. The van der Waals surface area contributed by atoms with Crippen molar-refractivity contribution in [2.24, 2.45) is 0 Å². The van der Waals surface area contributed by atoms with Gasteiger partial charge in [-0.15, -0.1) is 0 Å². The molecule has 106 valence electrons. The highest BCUT2D eigenvalue weighted by molar-refractivity contribution is 9.11. The monoisotopic (exact) mass is 422 g/mol. The lowest BCUT2D eigenvalue weighted by molar-refractivity contribution is -0.0329. The van der Waals surface area contributed by atoms with Gasteiger partial charge in [-0.1, -0.05) is 0 Å². The number of hydrogen-bond donors (Lipinski definition) is 1. The molecule has 0 aliphatic heterocycles. The zero-order valence-electron chi connectivity index (χ0n) is 9.13. The summed E-state index contributed by atoms with van der Waals surface area (Å²) < 4.78 is 41.6. The molecule has 0 unspecified atom stereocenters. The van der Waals surface area contributed by atoms with Gasteiger partial charge in [0.25, 0.3) is 0 Å². The molecule has 1 aromatic rings. The van der Waals surface area contributed by atoms with Crippen LogP contribution < -0.4 is 4.74 Å². The highest BCUT2D eigenvalue weighted by atomic mass is 79.9. The first-order valence-corrected chi connectivity index (χ1v) is 7.33. The van der Waals surface area contributed by atoms with Crippen molar-refractivity contribution in [1.29, 1.82) is 0 Å². The molecule has 0 spiro atoms. The van der Waals surface area contributed by atoms with Gasteiger partial charge in [0.2, 0.25) is 0 Å². The van der Waals surface area contributed by atoms with Gasteiger partial charge in [0.05, 0.1) is 21.1 Å². The van der Waals surface area contributed by atoms with Crippen LogP contribution in [0.1, 0.15) is 10.4 Å². The predicted octanol–water partition coefficient (Wildman–Crippen LogP) is 4.54. The van der Waals surface area contributed by atoms with E-state index in [-0.39, 0.29) is 35.4 Å². The van der Waals surface area contributed by atoms with Gasteiger partial charge in [0.1, 0.15) is 5.75 Å². The lowest BCUT2D eigenvalue weighted by Gasteiger charge is -2.11. The first kappa shape index (κ1) is 16.6. The van der Waals surface area contributed by atoms with E-state index in [2.05, 4.69) is 31.9 Å². The van der Waals surface area contributed by atoms with E-state index in [1.807, 2.05) is 0 Å². The smallest absolute Gasteiger partial charge is 0.441 e. The molecular formula is C10H7Br2F3O3S. The van der Waals surface area contributed by atoms with Gasteiger partial charge < -0.3 is 9.84 Å². The Bertz CT molecular complexity index is 457. The van der Waals surface area contributed by atoms with Crippen molar-refractivity contribution in [3.8, 4) is 5.75 Å². The number of hydrogen-bond acceptors (Lipinski definition) is 3. The van der Waals surface area contributed by atoms with Gasteiger partial charge in [0.15, 0.2) is 0 Å². The standard InChI is InChI=1S/C10H7Br2F3O3S/c11-6-3-5(9(16)17)4-7(12)8(6)18-1-2-19-10(13,14)15/h3-4H,1-2H2,(H,16,17). The lowest BCUT2D eigenvalue weighted by atomic mass is 10.2. The molecule has 0 aliphatic rings. The first-order valence-electron chi connectivity index (χ1n) is 4.76. The molecule has 19 heavy (non-hydrogen) atoms. The molecule has 0 radical (unpaired) electrons. The number of carboxylic acids is 1. The summed E-state index contributed by atoms with van der Waals surface area (Å²) in [5.74, 6) is -1.09. The van der Waals surface area contributed by atoms with Gasteiger partial charge in [-0.05, 0) is 55.8 Å². The Morgan fingerprint density at radius 1 is 1.32 bits per heavy atom. The van der Waals surface area contributed by atoms with Crippen LogP contribution in [0.15, 0.2) is 21.1 Å². The van der Waals surface area contributed by atoms with Crippen molar-refractivity contribution in [2.45, 2.75) is 5.51 Å². The van der Waals surface area contributed by atoms with E-state index in [0.717, 1.165) is 0 Å². The minimum atomic E-state index is -4.29. The third-order valence-corrected chi connectivity index (χ3v) is 3.72. The molecule has 1 N–H and O–H groups in total. The fourth-order valence-corrected chi connectivity index (χ4v) is 2.94. The Labute approximate surface area is 127 Å². The number of ether oxygens (including phenoxy) is 1. The molecule has 0 aliphatic carbocycles. The summed E-state index contributed by atoms with van der Waals surface area (Å²) in [6.07, 6.45) is 0. The Kier molecular flexibility index (Phi) is 6.00. The van der Waals surface area contributed by atoms with E-state index in [1.165, 1.54) is 12.1 Å². The Balaban J connectivity index is 2.67. The number of halogens is 5. The van der Waals surface area contributed by atoms with Crippen LogP contribution in [0.4, 0.5) is 13.2 Å². The number of carbonyl (C=O) groups is 1. The largest absolute Gasteiger partial charge is 0.490 e. The normalized spacial score (nSPS) is 11.4. The number of thioether (sulfide) groups is 1. The molecule has 0 fully saturated rings. The second-order valence-corrected chi connectivity index (χ2v) is 6.09. The van der Waals surface area contributed by atoms with Gasteiger partial charge in [-0.3, -0.25) is 0 Å². The summed E-state index contributed by atoms with van der Waals surface area (Å²) in [6.45, 7) is -0.145. The molecule has 3 nitrogen and oxygen atoms in total. The lowest BCUT2D eigenvalue weighted by Crippen LogP contribution is -2.08. The van der Waals surface area contributed by atoms with E-state index in [9.17, 15) is 18.0 Å². The van der Waals surface area contributed by atoms with Crippen LogP contribution in [-0.2, 0) is 0 Å². The quantitative estimate of drug-likeness (QED) is 0.706. The van der Waals surface area contributed by atoms with Crippen LogP contribution in [0, 0.1) is 0 Å². The number of alkyl halides is 3. The van der Waals surface area contributed by atoms with Gasteiger partial charge >= 0.3 is 11.5 Å². The van der Waals surface area contributed by atoms with Gasteiger partial charge in [0, 0.05) is 5.75 Å². The van der Waals surface area contributed by atoms with Crippen molar-refractivity contribution in [2.75, 3.05) is 12.4 Å². The van der Waals surface area contributed by atoms with Gasteiger partial charge in [-0.2, -0.15) is 13.2 Å². The average molecular weight is 424 g/mol. The van der Waals surface area contributed by atoms with Crippen LogP contribution in [-0.4, -0.2) is 28.9 Å². The molecular weight excluding hydrogens is 417 g/mol. The highest BCUT2D eigenvalue weighted by Crippen LogP contribution is 2.35. The number of rotatable bonds is 5. The van der Waals surface area contributed by atoms with E-state index in [1.54, 1.807) is 0 Å². The molecule has 0 bridgehead atoms. The van der Waals surface area contributed by atoms with E-state index < -0.39 is 11.5 Å². The van der Waals surface area contributed by atoms with Crippen LogP contribution in [0.2, 0.25) is 0 Å². The van der Waals surface area contributed by atoms with Crippen molar-refractivity contribution in [3.05, 3.63) is 26.6 Å². The van der Waals surface area contributed by atoms with Crippen molar-refractivity contribution in [3.63, 3.8) is 0 Å². The van der Waals surface area contributed by atoms with Crippen LogP contribution in [0.5, 0.6) is 5.75 Å². The number of benzene rings is 1. The highest BCUT2D eigenvalue weighted by Gasteiger charge is 2.27. The maximum atomic E-state index is 11.9. The average Bonchev–Trinajstić information content (AvgIpc) is 2.25. The summed E-state index contributed by atoms with van der Waals surface area (Å²) in [5.41, 5.74) is -4.25. The Morgan fingerprint density at radius 2 is 1.84 bits per heavy atom. The molecule has 0 amide bonds. The molecule has 0 aromatic heterocycles. The predicted molar refractivity (Wildman–Crippen MR) is 72.8 cm³/mol. The molecule has 1 aromatic carbocycles. The maximum absolute atomic E-state index is 11.9. The topological polar surface area (TPSA) is 46.5 Å². The number of aromatic carboxylic acids is 1. The minimum absolute atomic E-state index is 0.0377. The molecule has 0 atom stereocenters. The van der Waals surface area contributed by atoms with Crippen LogP contribution in [0.25, 0.3) is 0 Å². The zero-order valence-corrected chi connectivity index (χ0v) is 13.1. The van der Waals surface area contributed by atoms with Crippen LogP contribution >= 0.6 is 43.6 Å². The number of carboxylic acid groups (broad SMARTS) is 1. The van der Waals surface area contributed by atoms with Crippen molar-refractivity contribution >= 4 is 49.6 Å². The second kappa shape index (κ2) is 6.85. The minimum Gasteiger partial charge on any atom is -0.490 e. The van der Waals surface area contributed by atoms with E-state index >= 15 is 0 Å². The van der Waals surface area contributed by atoms with Crippen molar-refractivity contribution in [1.82, 2.24) is 0 Å². The summed E-state index contributed by atoms with van der Waals surface area (Å²) in [6, 6.07) is 2.64. The third-order valence-electron chi connectivity index (χ3n) is 1.84. The Hall–Kier alpha value is -0.410. The van der Waals surface area contributed by atoms with E-state index in [0.29, 0.717) is 8.95 Å². The summed E-state index contributed by atoms with van der Waals surface area (Å²) in [4.78, 5) is 10.8. The molecule has 1 rings (SSSR count). The molecule has 0 heterocycles. The zero-order chi connectivity index (χ0) is 14.6. The molecule has 9 heteroatoms. The first-order chi connectivity index (χ1) is 8.70. The molecule has 0 saturated heterocycles. The summed E-state index contributed by atoms with van der Waals surface area (Å²) >= 11 is 6.04. The third kappa shape index (κ3) is 5.62. The summed E-state index contributed by atoms with van der Waals surface area (Å²) in [7, 11) is 0. The van der Waals surface area contributed by atoms with Crippen molar-refractivity contribution < 1.29 is 27.8 Å². The van der Waals surface area contributed by atoms with Crippen LogP contribution in [0.3, 0.4) is 0 Å².